The minimum absolute atomic E-state index is 0.0142. The minimum atomic E-state index is 0.0142. The Morgan fingerprint density at radius 1 is 1.13 bits per heavy atom. The Hall–Kier alpha value is -2.82. The summed E-state index contributed by atoms with van der Waals surface area (Å²) in [6.45, 7) is 1.26. The maximum Gasteiger partial charge on any atom is 0.271 e. The Bertz CT molecular complexity index is 834. The molecule has 0 spiro atoms. The number of nitrogens with zero attached hydrogens (tertiary/aromatic N) is 4. The first kappa shape index (κ1) is 13.8. The SMILES string of the molecule is Cn1cccc1C(=O)N1Cc2nccn2C[C@H]1c1ccccc1. The number of rotatable bonds is 2. The van der Waals surface area contributed by atoms with E-state index in [-0.39, 0.29) is 11.9 Å². The third-order valence-electron chi connectivity index (χ3n) is 4.47. The number of fused-ring (bicyclic) bond motifs is 1. The fraction of sp³-hybridized carbons (Fsp3) is 0.222. The van der Waals surface area contributed by atoms with Gasteiger partial charge < -0.3 is 14.0 Å². The van der Waals surface area contributed by atoms with Crippen LogP contribution < -0.4 is 0 Å². The zero-order valence-corrected chi connectivity index (χ0v) is 13.0. The molecule has 0 saturated carbocycles. The molecule has 1 aromatic carbocycles. The highest BCUT2D eigenvalue weighted by Gasteiger charge is 2.32. The van der Waals surface area contributed by atoms with Crippen LogP contribution in [-0.4, -0.2) is 24.9 Å². The molecule has 2 aromatic heterocycles. The van der Waals surface area contributed by atoms with Gasteiger partial charge in [0.05, 0.1) is 12.6 Å². The number of amides is 1. The molecular weight excluding hydrogens is 288 g/mol. The molecule has 1 aliphatic heterocycles. The molecule has 0 aliphatic carbocycles. The van der Waals surface area contributed by atoms with Gasteiger partial charge in [-0.3, -0.25) is 4.79 Å². The van der Waals surface area contributed by atoms with E-state index >= 15 is 0 Å². The predicted molar refractivity (Wildman–Crippen MR) is 86.7 cm³/mol. The van der Waals surface area contributed by atoms with Gasteiger partial charge in [0.25, 0.3) is 5.91 Å². The lowest BCUT2D eigenvalue weighted by Crippen LogP contribution is -2.41. The van der Waals surface area contributed by atoms with E-state index in [0.29, 0.717) is 12.2 Å². The molecule has 3 aromatic rings. The monoisotopic (exact) mass is 306 g/mol. The van der Waals surface area contributed by atoms with Crippen molar-refractivity contribution in [2.75, 3.05) is 0 Å². The van der Waals surface area contributed by atoms with Crippen LogP contribution >= 0.6 is 0 Å². The molecule has 4 rings (SSSR count). The molecule has 0 saturated heterocycles. The van der Waals surface area contributed by atoms with Crippen molar-refractivity contribution in [2.24, 2.45) is 7.05 Å². The van der Waals surface area contributed by atoms with Gasteiger partial charge in [-0.25, -0.2) is 4.98 Å². The molecule has 1 atom stereocenters. The van der Waals surface area contributed by atoms with E-state index in [1.54, 1.807) is 6.20 Å². The molecule has 0 fully saturated rings. The summed E-state index contributed by atoms with van der Waals surface area (Å²) >= 11 is 0. The lowest BCUT2D eigenvalue weighted by atomic mass is 10.0. The molecule has 5 heteroatoms. The third kappa shape index (κ3) is 2.34. The van der Waals surface area contributed by atoms with Gasteiger partial charge in [0.1, 0.15) is 11.5 Å². The molecule has 0 N–H and O–H groups in total. The Labute approximate surface area is 134 Å². The fourth-order valence-electron chi connectivity index (χ4n) is 3.21. The van der Waals surface area contributed by atoms with E-state index in [2.05, 4.69) is 21.7 Å². The molecule has 1 aliphatic rings. The zero-order chi connectivity index (χ0) is 15.8. The van der Waals surface area contributed by atoms with Crippen molar-refractivity contribution in [3.8, 4) is 0 Å². The molecule has 116 valence electrons. The van der Waals surface area contributed by atoms with Gasteiger partial charge in [0.15, 0.2) is 0 Å². The maximum absolute atomic E-state index is 13.1. The van der Waals surface area contributed by atoms with Crippen LogP contribution in [0.4, 0.5) is 0 Å². The molecular formula is C18H18N4O. The van der Waals surface area contributed by atoms with Gasteiger partial charge in [-0.05, 0) is 17.7 Å². The number of carbonyl (C=O) groups excluding carboxylic acids is 1. The quantitative estimate of drug-likeness (QED) is 0.730. The lowest BCUT2D eigenvalue weighted by Gasteiger charge is -2.36. The number of hydrogen-bond acceptors (Lipinski definition) is 2. The molecule has 3 heterocycles. The van der Waals surface area contributed by atoms with Crippen LogP contribution in [0.3, 0.4) is 0 Å². The largest absolute Gasteiger partial charge is 0.347 e. The highest BCUT2D eigenvalue weighted by molar-refractivity contribution is 5.93. The van der Waals surface area contributed by atoms with Gasteiger partial charge in [0, 0.05) is 32.2 Å². The van der Waals surface area contributed by atoms with Gasteiger partial charge in [-0.2, -0.15) is 0 Å². The number of imidazole rings is 1. The molecule has 23 heavy (non-hydrogen) atoms. The highest BCUT2D eigenvalue weighted by Crippen LogP contribution is 2.30. The van der Waals surface area contributed by atoms with E-state index in [0.717, 1.165) is 17.9 Å². The maximum atomic E-state index is 13.1. The summed E-state index contributed by atoms with van der Waals surface area (Å²) in [7, 11) is 1.90. The summed E-state index contributed by atoms with van der Waals surface area (Å²) in [5.74, 6) is 0.973. The standard InChI is InChI=1S/C18H18N4O/c1-20-10-5-8-15(20)18(23)22-13-17-19-9-11-21(17)12-16(22)14-6-3-2-4-7-14/h2-11,16H,12-13H2,1H3/t16-/m0/s1. The van der Waals surface area contributed by atoms with Crippen LogP contribution in [0.1, 0.15) is 27.9 Å². The first-order valence-electron chi connectivity index (χ1n) is 7.71. The van der Waals surface area contributed by atoms with Crippen molar-refractivity contribution >= 4 is 5.91 Å². The second kappa shape index (κ2) is 5.43. The van der Waals surface area contributed by atoms with E-state index in [4.69, 9.17) is 0 Å². The van der Waals surface area contributed by atoms with Crippen LogP contribution in [0.2, 0.25) is 0 Å². The van der Waals surface area contributed by atoms with Crippen molar-refractivity contribution < 1.29 is 4.79 Å². The van der Waals surface area contributed by atoms with Crippen molar-refractivity contribution in [1.29, 1.82) is 0 Å². The Morgan fingerprint density at radius 2 is 1.96 bits per heavy atom. The Balaban J connectivity index is 1.75. The summed E-state index contributed by atoms with van der Waals surface area (Å²) in [5, 5.41) is 0. The summed E-state index contributed by atoms with van der Waals surface area (Å²) in [6, 6.07) is 14.0. The normalized spacial score (nSPS) is 17.1. The summed E-state index contributed by atoms with van der Waals surface area (Å²) in [4.78, 5) is 19.4. The first-order valence-corrected chi connectivity index (χ1v) is 7.71. The van der Waals surface area contributed by atoms with Crippen molar-refractivity contribution in [3.63, 3.8) is 0 Å². The molecule has 0 radical (unpaired) electrons. The third-order valence-corrected chi connectivity index (χ3v) is 4.47. The number of benzene rings is 1. The van der Waals surface area contributed by atoms with Gasteiger partial charge in [-0.15, -0.1) is 0 Å². The average Bonchev–Trinajstić information content (AvgIpc) is 3.22. The van der Waals surface area contributed by atoms with E-state index in [1.165, 1.54) is 0 Å². The Kier molecular flexibility index (Phi) is 3.26. The van der Waals surface area contributed by atoms with Crippen LogP contribution in [0, 0.1) is 0 Å². The minimum Gasteiger partial charge on any atom is -0.347 e. The summed E-state index contributed by atoms with van der Waals surface area (Å²) in [5.41, 5.74) is 1.85. The summed E-state index contributed by atoms with van der Waals surface area (Å²) < 4.78 is 4.00. The van der Waals surface area contributed by atoms with Crippen LogP contribution in [0.15, 0.2) is 61.1 Å². The Morgan fingerprint density at radius 3 is 2.70 bits per heavy atom. The smallest absolute Gasteiger partial charge is 0.271 e. The number of aryl methyl sites for hydroxylation is 1. The molecule has 0 bridgehead atoms. The van der Waals surface area contributed by atoms with Crippen molar-refractivity contribution in [1.82, 2.24) is 19.0 Å². The van der Waals surface area contributed by atoms with E-state index in [9.17, 15) is 4.79 Å². The topological polar surface area (TPSA) is 43.1 Å². The number of carbonyl (C=O) groups is 1. The predicted octanol–water partition coefficient (Wildman–Crippen LogP) is 2.62. The molecule has 0 unspecified atom stereocenters. The van der Waals surface area contributed by atoms with Crippen LogP contribution in [0.5, 0.6) is 0 Å². The number of aromatic nitrogens is 3. The second-order valence-corrected chi connectivity index (χ2v) is 5.86. The van der Waals surface area contributed by atoms with E-state index < -0.39 is 0 Å². The summed E-state index contributed by atoms with van der Waals surface area (Å²) in [6.07, 6.45) is 5.68. The zero-order valence-electron chi connectivity index (χ0n) is 13.0. The lowest BCUT2D eigenvalue weighted by molar-refractivity contribution is 0.0574. The van der Waals surface area contributed by atoms with Gasteiger partial charge in [0.2, 0.25) is 0 Å². The van der Waals surface area contributed by atoms with Crippen molar-refractivity contribution in [3.05, 3.63) is 78.1 Å². The van der Waals surface area contributed by atoms with Crippen LogP contribution in [-0.2, 0) is 20.1 Å². The van der Waals surface area contributed by atoms with Gasteiger partial charge in [-0.1, -0.05) is 30.3 Å². The van der Waals surface area contributed by atoms with E-state index in [1.807, 2.05) is 59.2 Å². The molecule has 1 amide bonds. The molecule has 5 nitrogen and oxygen atoms in total. The second-order valence-electron chi connectivity index (χ2n) is 5.86. The fourth-order valence-corrected chi connectivity index (χ4v) is 3.21. The highest BCUT2D eigenvalue weighted by atomic mass is 16.2. The van der Waals surface area contributed by atoms with Gasteiger partial charge >= 0.3 is 0 Å². The first-order chi connectivity index (χ1) is 11.2. The van der Waals surface area contributed by atoms with Crippen LogP contribution in [0.25, 0.3) is 0 Å². The van der Waals surface area contributed by atoms with Crippen molar-refractivity contribution in [2.45, 2.75) is 19.1 Å². The number of hydrogen-bond donors (Lipinski definition) is 0. The average molecular weight is 306 g/mol.